The minimum Gasteiger partial charge on any atom is -0.393 e. The molecule has 0 amide bonds. The quantitative estimate of drug-likeness (QED) is 0.532. The molecule has 26 heavy (non-hydrogen) atoms. The van der Waals surface area contributed by atoms with Crippen molar-refractivity contribution in [3.8, 4) is 0 Å². The van der Waals surface area contributed by atoms with Crippen molar-refractivity contribution in [1.82, 2.24) is 0 Å². The second-order valence-electron chi connectivity index (χ2n) is 7.68. The van der Waals surface area contributed by atoms with Gasteiger partial charge in [0.2, 0.25) is 0 Å². The third-order valence-electron chi connectivity index (χ3n) is 5.97. The van der Waals surface area contributed by atoms with Gasteiger partial charge in [0, 0.05) is 0 Å². The number of alkyl halides is 6. The van der Waals surface area contributed by atoms with E-state index in [4.69, 9.17) is 5.11 Å². The summed E-state index contributed by atoms with van der Waals surface area (Å²) < 4.78 is 76.1. The smallest absolute Gasteiger partial charge is 0.393 e. The highest BCUT2D eigenvalue weighted by molar-refractivity contribution is 5.27. The normalized spacial score (nSPS) is 31.8. The molecule has 2 aliphatic rings. The molecular weight excluding hydrogens is 362 g/mol. The minimum atomic E-state index is -5.85. The maximum Gasteiger partial charge on any atom is 0.429 e. The fourth-order valence-corrected chi connectivity index (χ4v) is 4.44. The van der Waals surface area contributed by atoms with Gasteiger partial charge in [0.05, 0.1) is 6.10 Å². The molecule has 0 bridgehead atoms. The molecule has 0 unspecified atom stereocenters. The number of fused-ring (bicyclic) bond motifs is 1. The number of allylic oxidation sites excluding steroid dienone is 3. The van der Waals surface area contributed by atoms with Crippen molar-refractivity contribution < 1.29 is 36.6 Å². The molecule has 0 aromatic rings. The summed E-state index contributed by atoms with van der Waals surface area (Å²) in [6, 6.07) is 0. The molecule has 0 aromatic heterocycles. The molecule has 8 heteroatoms. The van der Waals surface area contributed by atoms with Gasteiger partial charge in [0.1, 0.15) is 0 Å². The van der Waals surface area contributed by atoms with Gasteiger partial charge < -0.3 is 10.2 Å². The lowest BCUT2D eigenvalue weighted by Crippen LogP contribution is -2.55. The first kappa shape index (κ1) is 21.3. The number of hydrogen-bond donors (Lipinski definition) is 2. The molecule has 0 saturated heterocycles. The van der Waals surface area contributed by atoms with E-state index < -0.39 is 24.1 Å². The van der Waals surface area contributed by atoms with E-state index in [2.05, 4.69) is 0 Å². The monoisotopic (exact) mass is 386 g/mol. The molecule has 0 aliphatic heterocycles. The van der Waals surface area contributed by atoms with Crippen molar-refractivity contribution in [2.75, 3.05) is 0 Å². The van der Waals surface area contributed by atoms with Crippen LogP contribution in [0.4, 0.5) is 26.3 Å². The molecule has 0 spiro atoms. The Hall–Kier alpha value is -1.02. The van der Waals surface area contributed by atoms with Crippen LogP contribution in [0, 0.1) is 17.3 Å². The lowest BCUT2D eigenvalue weighted by Gasteiger charge is -2.43. The topological polar surface area (TPSA) is 40.5 Å². The van der Waals surface area contributed by atoms with Crippen molar-refractivity contribution in [3.63, 3.8) is 0 Å². The first-order chi connectivity index (χ1) is 11.7. The van der Waals surface area contributed by atoms with E-state index >= 15 is 0 Å². The largest absolute Gasteiger partial charge is 0.429 e. The second kappa shape index (κ2) is 6.86. The Morgan fingerprint density at radius 3 is 2.35 bits per heavy atom. The maximum absolute atomic E-state index is 12.7. The van der Waals surface area contributed by atoms with Crippen LogP contribution in [0.1, 0.15) is 46.0 Å². The summed E-state index contributed by atoms with van der Waals surface area (Å²) in [7, 11) is 0. The molecule has 0 aromatic carbocycles. The summed E-state index contributed by atoms with van der Waals surface area (Å²) in [5.41, 5.74) is -4.17. The Bertz CT molecular complexity index is 563. The van der Waals surface area contributed by atoms with Gasteiger partial charge in [-0.3, -0.25) is 0 Å². The van der Waals surface area contributed by atoms with Crippen molar-refractivity contribution in [2.24, 2.45) is 17.3 Å². The molecular formula is C18H24F6O2. The van der Waals surface area contributed by atoms with Crippen molar-refractivity contribution >= 4 is 0 Å². The van der Waals surface area contributed by atoms with Gasteiger partial charge in [-0.1, -0.05) is 31.6 Å². The van der Waals surface area contributed by atoms with Crippen LogP contribution >= 0.6 is 0 Å². The molecule has 1 saturated carbocycles. The first-order valence-electron chi connectivity index (χ1n) is 8.66. The van der Waals surface area contributed by atoms with Gasteiger partial charge in [-0.25, -0.2) is 0 Å². The lowest BCUT2D eigenvalue weighted by molar-refractivity contribution is -0.347. The zero-order chi connectivity index (χ0) is 20.0. The van der Waals surface area contributed by atoms with Crippen molar-refractivity contribution in [3.05, 3.63) is 23.8 Å². The molecule has 2 aliphatic carbocycles. The van der Waals surface area contributed by atoms with Crippen molar-refractivity contribution in [1.29, 1.82) is 0 Å². The van der Waals surface area contributed by atoms with E-state index in [0.717, 1.165) is 24.5 Å². The summed E-state index contributed by atoms with van der Waals surface area (Å²) >= 11 is 0. The SMILES string of the molecule is C[C@@H](C/C=C\C(O)(C(F)(F)F)C(F)(F)F)C1=CC[C@H]2[C@@H](O)CCC[C@]12C. The molecule has 0 heterocycles. The van der Waals surface area contributed by atoms with Crippen LogP contribution in [0.3, 0.4) is 0 Å². The summed E-state index contributed by atoms with van der Waals surface area (Å²) in [4.78, 5) is 0. The van der Waals surface area contributed by atoms with E-state index in [1.54, 1.807) is 6.92 Å². The van der Waals surface area contributed by atoms with E-state index in [1.807, 2.05) is 13.0 Å². The summed E-state index contributed by atoms with van der Waals surface area (Å²) in [5.74, 6) is -0.239. The predicted octanol–water partition coefficient (Wildman–Crippen LogP) is 4.92. The lowest BCUT2D eigenvalue weighted by atomic mass is 9.63. The molecule has 0 radical (unpaired) electrons. The molecule has 2 nitrogen and oxygen atoms in total. The molecule has 1 fully saturated rings. The molecule has 2 N–H and O–H groups in total. The fraction of sp³-hybridized carbons (Fsp3) is 0.778. The van der Waals surface area contributed by atoms with Crippen LogP contribution in [0.25, 0.3) is 0 Å². The van der Waals surface area contributed by atoms with Gasteiger partial charge in [0.15, 0.2) is 0 Å². The van der Waals surface area contributed by atoms with Crippen LogP contribution in [0.2, 0.25) is 0 Å². The fourth-order valence-electron chi connectivity index (χ4n) is 4.44. The van der Waals surface area contributed by atoms with Gasteiger partial charge in [-0.2, -0.15) is 26.3 Å². The Morgan fingerprint density at radius 1 is 1.23 bits per heavy atom. The third kappa shape index (κ3) is 3.54. The van der Waals surface area contributed by atoms with Crippen LogP contribution < -0.4 is 0 Å². The number of hydrogen-bond acceptors (Lipinski definition) is 2. The maximum atomic E-state index is 12.7. The number of rotatable bonds is 4. The van der Waals surface area contributed by atoms with E-state index in [0.29, 0.717) is 12.8 Å². The standard InChI is InChI=1S/C18H24F6O2/c1-11(5-3-10-16(26,17(19,20)21)18(22,23)24)12-7-8-13-14(25)6-4-9-15(12,13)2/h3,7,10-11,13-14,25-26H,4-6,8-9H2,1-2H3/b10-3-/t11-,13-,14-,15+/m0/s1. The molecule has 2 rings (SSSR count). The number of halogens is 6. The first-order valence-corrected chi connectivity index (χ1v) is 8.66. The Kier molecular flexibility index (Phi) is 5.61. The highest BCUT2D eigenvalue weighted by Gasteiger charge is 2.68. The number of aliphatic hydroxyl groups is 2. The van der Waals surface area contributed by atoms with Crippen LogP contribution in [-0.4, -0.2) is 34.3 Å². The van der Waals surface area contributed by atoms with Crippen LogP contribution in [-0.2, 0) is 0 Å². The van der Waals surface area contributed by atoms with E-state index in [-0.39, 0.29) is 29.7 Å². The van der Waals surface area contributed by atoms with Gasteiger partial charge in [-0.15, -0.1) is 0 Å². The van der Waals surface area contributed by atoms with Gasteiger partial charge in [-0.05, 0) is 55.4 Å². The van der Waals surface area contributed by atoms with Crippen LogP contribution in [0.5, 0.6) is 0 Å². The third-order valence-corrected chi connectivity index (χ3v) is 5.97. The van der Waals surface area contributed by atoms with Crippen molar-refractivity contribution in [2.45, 2.75) is 70.0 Å². The predicted molar refractivity (Wildman–Crippen MR) is 84.1 cm³/mol. The summed E-state index contributed by atoms with van der Waals surface area (Å²) in [6.45, 7) is 3.74. The zero-order valence-corrected chi connectivity index (χ0v) is 14.7. The minimum absolute atomic E-state index is 0.0416. The van der Waals surface area contributed by atoms with Crippen LogP contribution in [0.15, 0.2) is 23.8 Å². The summed E-state index contributed by atoms with van der Waals surface area (Å²) in [6.07, 6.45) is -6.64. The Balaban J connectivity index is 2.13. The Morgan fingerprint density at radius 2 is 1.81 bits per heavy atom. The average molecular weight is 386 g/mol. The van der Waals surface area contributed by atoms with Gasteiger partial charge >= 0.3 is 12.4 Å². The van der Waals surface area contributed by atoms with E-state index in [1.165, 1.54) is 0 Å². The van der Waals surface area contributed by atoms with Gasteiger partial charge in [0.25, 0.3) is 5.60 Å². The molecule has 4 atom stereocenters. The molecule has 150 valence electrons. The average Bonchev–Trinajstić information content (AvgIpc) is 2.83. The number of aliphatic hydroxyl groups excluding tert-OH is 1. The summed E-state index contributed by atoms with van der Waals surface area (Å²) in [5, 5.41) is 19.3. The highest BCUT2D eigenvalue weighted by atomic mass is 19.4. The Labute approximate surface area is 148 Å². The zero-order valence-electron chi connectivity index (χ0n) is 14.7. The van der Waals surface area contributed by atoms with E-state index in [9.17, 15) is 31.4 Å². The second-order valence-corrected chi connectivity index (χ2v) is 7.68. The highest BCUT2D eigenvalue weighted by Crippen LogP contribution is 2.55.